The molecular formula is C13H17ClF2N2O. The number of pyridine rings is 1. The quantitative estimate of drug-likeness (QED) is 0.805. The Balaban J connectivity index is 1.81. The standard InChI is InChI=1S/C13H17ClF2N2O/c14-12-2-1-4-17-13(12)19-9-10-3-5-18(8-10)11(6-15)7-16/h1-2,4,10-11H,3,5-9H2/t10-/m1/s1. The van der Waals surface area contributed by atoms with Crippen molar-refractivity contribution in [3.8, 4) is 5.88 Å². The lowest BCUT2D eigenvalue weighted by Gasteiger charge is -2.22. The van der Waals surface area contributed by atoms with E-state index >= 15 is 0 Å². The van der Waals surface area contributed by atoms with E-state index in [1.165, 1.54) is 0 Å². The van der Waals surface area contributed by atoms with Gasteiger partial charge < -0.3 is 4.74 Å². The van der Waals surface area contributed by atoms with Crippen LogP contribution in [0.4, 0.5) is 8.78 Å². The summed E-state index contributed by atoms with van der Waals surface area (Å²) in [6.45, 7) is 0.552. The second-order valence-electron chi connectivity index (χ2n) is 4.71. The van der Waals surface area contributed by atoms with Crippen LogP contribution < -0.4 is 4.74 Å². The van der Waals surface area contributed by atoms with E-state index in [1.807, 2.05) is 4.90 Å². The molecule has 0 saturated carbocycles. The van der Waals surface area contributed by atoms with Crippen LogP contribution in [0, 0.1) is 5.92 Å². The maximum absolute atomic E-state index is 12.6. The van der Waals surface area contributed by atoms with E-state index in [1.54, 1.807) is 18.3 Å². The smallest absolute Gasteiger partial charge is 0.232 e. The lowest BCUT2D eigenvalue weighted by atomic mass is 10.1. The van der Waals surface area contributed by atoms with E-state index < -0.39 is 19.4 Å². The summed E-state index contributed by atoms with van der Waals surface area (Å²) < 4.78 is 30.8. The van der Waals surface area contributed by atoms with Crippen LogP contribution in [0.3, 0.4) is 0 Å². The van der Waals surface area contributed by atoms with Crippen molar-refractivity contribution in [1.82, 2.24) is 9.88 Å². The van der Waals surface area contributed by atoms with Crippen LogP contribution in [0.2, 0.25) is 5.02 Å². The van der Waals surface area contributed by atoms with Gasteiger partial charge in [-0.25, -0.2) is 13.8 Å². The van der Waals surface area contributed by atoms with Gasteiger partial charge in [-0.15, -0.1) is 0 Å². The second kappa shape index (κ2) is 7.01. The average molecular weight is 291 g/mol. The maximum atomic E-state index is 12.6. The van der Waals surface area contributed by atoms with Gasteiger partial charge in [-0.1, -0.05) is 11.6 Å². The summed E-state index contributed by atoms with van der Waals surface area (Å²) in [6, 6.07) is 2.84. The average Bonchev–Trinajstić information content (AvgIpc) is 2.88. The fourth-order valence-electron chi connectivity index (χ4n) is 2.24. The molecule has 0 radical (unpaired) electrons. The molecule has 0 spiro atoms. The predicted molar refractivity (Wildman–Crippen MR) is 70.2 cm³/mol. The zero-order chi connectivity index (χ0) is 13.7. The predicted octanol–water partition coefficient (Wildman–Crippen LogP) is 2.74. The van der Waals surface area contributed by atoms with Crippen LogP contribution in [-0.2, 0) is 0 Å². The van der Waals surface area contributed by atoms with Crippen molar-refractivity contribution in [2.24, 2.45) is 5.92 Å². The maximum Gasteiger partial charge on any atom is 0.232 e. The zero-order valence-corrected chi connectivity index (χ0v) is 11.3. The van der Waals surface area contributed by atoms with Crippen molar-refractivity contribution in [2.45, 2.75) is 12.5 Å². The Bertz CT molecular complexity index is 404. The number of hydrogen-bond acceptors (Lipinski definition) is 3. The molecule has 1 aliphatic heterocycles. The van der Waals surface area contributed by atoms with Crippen LogP contribution in [0.25, 0.3) is 0 Å². The van der Waals surface area contributed by atoms with E-state index in [-0.39, 0.29) is 5.92 Å². The molecule has 3 nitrogen and oxygen atoms in total. The van der Waals surface area contributed by atoms with Gasteiger partial charge in [-0.05, 0) is 25.1 Å². The van der Waals surface area contributed by atoms with Crippen LogP contribution >= 0.6 is 11.6 Å². The lowest BCUT2D eigenvalue weighted by molar-refractivity contribution is 0.154. The van der Waals surface area contributed by atoms with Gasteiger partial charge in [0.2, 0.25) is 5.88 Å². The molecule has 1 aromatic heterocycles. The van der Waals surface area contributed by atoms with E-state index in [9.17, 15) is 8.78 Å². The molecule has 1 aliphatic rings. The van der Waals surface area contributed by atoms with Gasteiger partial charge in [0.05, 0.1) is 12.6 Å². The summed E-state index contributed by atoms with van der Waals surface area (Å²) in [5.74, 6) is 0.675. The van der Waals surface area contributed by atoms with Crippen molar-refractivity contribution < 1.29 is 13.5 Å². The van der Waals surface area contributed by atoms with Gasteiger partial charge in [-0.3, -0.25) is 4.90 Å². The third-order valence-electron chi connectivity index (χ3n) is 3.37. The van der Waals surface area contributed by atoms with Crippen molar-refractivity contribution in [3.05, 3.63) is 23.4 Å². The fraction of sp³-hybridized carbons (Fsp3) is 0.615. The molecule has 1 atom stereocenters. The van der Waals surface area contributed by atoms with E-state index in [2.05, 4.69) is 4.98 Å². The first-order valence-electron chi connectivity index (χ1n) is 6.34. The van der Waals surface area contributed by atoms with Crippen molar-refractivity contribution in [2.75, 3.05) is 33.0 Å². The van der Waals surface area contributed by atoms with Gasteiger partial charge in [0.15, 0.2) is 0 Å². The fourth-order valence-corrected chi connectivity index (χ4v) is 2.42. The number of likely N-dealkylation sites (tertiary alicyclic amines) is 1. The highest BCUT2D eigenvalue weighted by molar-refractivity contribution is 6.31. The SMILES string of the molecule is FCC(CF)N1CC[C@@H](COc2ncccc2Cl)C1. The Morgan fingerprint density at radius 1 is 1.47 bits per heavy atom. The molecule has 0 bridgehead atoms. The topological polar surface area (TPSA) is 25.4 Å². The molecule has 0 aromatic carbocycles. The van der Waals surface area contributed by atoms with E-state index in [0.29, 0.717) is 30.6 Å². The number of alkyl halides is 2. The molecule has 1 fully saturated rings. The lowest BCUT2D eigenvalue weighted by Crippen LogP contribution is -2.37. The molecule has 2 heterocycles. The molecule has 0 amide bonds. The number of rotatable bonds is 6. The number of halogens is 3. The second-order valence-corrected chi connectivity index (χ2v) is 5.12. The first kappa shape index (κ1) is 14.5. The molecule has 106 valence electrons. The monoisotopic (exact) mass is 290 g/mol. The molecule has 2 rings (SSSR count). The van der Waals surface area contributed by atoms with Crippen LogP contribution in [0.5, 0.6) is 5.88 Å². The number of ether oxygens (including phenoxy) is 1. The number of nitrogens with zero attached hydrogens (tertiary/aromatic N) is 2. The Morgan fingerprint density at radius 2 is 2.26 bits per heavy atom. The molecule has 19 heavy (non-hydrogen) atoms. The Kier molecular flexibility index (Phi) is 5.34. The number of hydrogen-bond donors (Lipinski definition) is 0. The Labute approximate surface area is 116 Å². The summed E-state index contributed by atoms with van der Waals surface area (Å²) in [6.07, 6.45) is 2.49. The summed E-state index contributed by atoms with van der Waals surface area (Å²) in [7, 11) is 0. The van der Waals surface area contributed by atoms with Gasteiger partial charge in [0, 0.05) is 18.7 Å². The molecular weight excluding hydrogens is 274 g/mol. The van der Waals surface area contributed by atoms with Gasteiger partial charge in [0.1, 0.15) is 18.4 Å². The van der Waals surface area contributed by atoms with E-state index in [4.69, 9.17) is 16.3 Å². The zero-order valence-electron chi connectivity index (χ0n) is 10.6. The minimum Gasteiger partial charge on any atom is -0.476 e. The third kappa shape index (κ3) is 3.76. The molecule has 0 aliphatic carbocycles. The minimum absolute atomic E-state index is 0.263. The molecule has 6 heteroatoms. The largest absolute Gasteiger partial charge is 0.476 e. The van der Waals surface area contributed by atoms with Crippen molar-refractivity contribution in [3.63, 3.8) is 0 Å². The van der Waals surface area contributed by atoms with Gasteiger partial charge in [-0.2, -0.15) is 0 Å². The number of aromatic nitrogens is 1. The summed E-state index contributed by atoms with van der Waals surface area (Å²) in [5, 5.41) is 0.475. The van der Waals surface area contributed by atoms with Gasteiger partial charge in [0.25, 0.3) is 0 Å². The summed E-state index contributed by atoms with van der Waals surface area (Å²) in [5.41, 5.74) is 0. The Morgan fingerprint density at radius 3 is 2.95 bits per heavy atom. The molecule has 1 aromatic rings. The highest BCUT2D eigenvalue weighted by atomic mass is 35.5. The summed E-state index contributed by atoms with van der Waals surface area (Å²) >= 11 is 5.94. The first-order chi connectivity index (χ1) is 9.24. The normalized spacial score (nSPS) is 20.1. The Hall–Kier alpha value is -0.940. The molecule has 0 unspecified atom stereocenters. The van der Waals surface area contributed by atoms with Gasteiger partial charge >= 0.3 is 0 Å². The first-order valence-corrected chi connectivity index (χ1v) is 6.71. The van der Waals surface area contributed by atoms with E-state index in [0.717, 1.165) is 6.42 Å². The highest BCUT2D eigenvalue weighted by Crippen LogP contribution is 2.23. The molecule has 0 N–H and O–H groups in total. The summed E-state index contributed by atoms with van der Waals surface area (Å²) in [4.78, 5) is 5.88. The highest BCUT2D eigenvalue weighted by Gasteiger charge is 2.28. The van der Waals surface area contributed by atoms with Crippen LogP contribution in [0.15, 0.2) is 18.3 Å². The van der Waals surface area contributed by atoms with Crippen LogP contribution in [0.1, 0.15) is 6.42 Å². The van der Waals surface area contributed by atoms with Crippen molar-refractivity contribution in [1.29, 1.82) is 0 Å². The third-order valence-corrected chi connectivity index (χ3v) is 3.66. The molecule has 1 saturated heterocycles. The van der Waals surface area contributed by atoms with Crippen LogP contribution in [-0.4, -0.2) is 49.0 Å². The van der Waals surface area contributed by atoms with Crippen molar-refractivity contribution >= 4 is 11.6 Å². The minimum atomic E-state index is -0.643.